The first kappa shape index (κ1) is 30.7. The first-order valence-electron chi connectivity index (χ1n) is 10.9. The summed E-state index contributed by atoms with van der Waals surface area (Å²) >= 11 is 0. The van der Waals surface area contributed by atoms with Gasteiger partial charge in [0.1, 0.15) is 18.1 Å². The summed E-state index contributed by atoms with van der Waals surface area (Å²) in [5, 5.41) is 25.2. The quantitative estimate of drug-likeness (QED) is 0.0988. The molecule has 0 rings (SSSR count). The molecule has 4 atom stereocenters. The van der Waals surface area contributed by atoms with Gasteiger partial charge < -0.3 is 43.4 Å². The van der Waals surface area contributed by atoms with Crippen molar-refractivity contribution in [2.24, 2.45) is 23.1 Å². The molecule has 0 fully saturated rings. The molecule has 0 heterocycles. The molecule has 0 bridgehead atoms. The molecule has 0 radical (unpaired) electrons. The summed E-state index contributed by atoms with van der Waals surface area (Å²) < 4.78 is 0. The van der Waals surface area contributed by atoms with Crippen LogP contribution >= 0.6 is 0 Å². The zero-order valence-electron chi connectivity index (χ0n) is 19.4. The Bertz CT molecular complexity index is 745. The van der Waals surface area contributed by atoms with Crippen molar-refractivity contribution in [3.05, 3.63) is 0 Å². The Labute approximate surface area is 197 Å². The van der Waals surface area contributed by atoms with Crippen molar-refractivity contribution in [2.75, 3.05) is 6.54 Å². The number of rotatable bonds is 17. The summed E-state index contributed by atoms with van der Waals surface area (Å²) in [6.45, 7) is 3.70. The Hall–Kier alpha value is -3.26. The number of primary amides is 1. The minimum Gasteiger partial charge on any atom is -0.481 e. The smallest absolute Gasteiger partial charge is 0.326 e. The van der Waals surface area contributed by atoms with Crippen LogP contribution in [0.5, 0.6) is 0 Å². The van der Waals surface area contributed by atoms with Crippen LogP contribution in [0.4, 0.5) is 0 Å². The van der Waals surface area contributed by atoms with E-state index < -0.39 is 72.6 Å². The van der Waals surface area contributed by atoms with Crippen molar-refractivity contribution in [3.63, 3.8) is 0 Å². The summed E-state index contributed by atoms with van der Waals surface area (Å²) in [6.07, 6.45) is -0.399. The van der Waals surface area contributed by atoms with E-state index in [-0.39, 0.29) is 18.8 Å². The molecule has 0 aliphatic rings. The second-order valence-corrected chi connectivity index (χ2v) is 8.18. The van der Waals surface area contributed by atoms with Crippen molar-refractivity contribution in [3.8, 4) is 0 Å². The lowest BCUT2D eigenvalue weighted by molar-refractivity contribution is -0.143. The second kappa shape index (κ2) is 15.6. The van der Waals surface area contributed by atoms with Crippen molar-refractivity contribution in [1.29, 1.82) is 0 Å². The molecule has 0 aliphatic carbocycles. The third kappa shape index (κ3) is 12.1. The highest BCUT2D eigenvalue weighted by Gasteiger charge is 2.31. The number of carbonyl (C=O) groups excluding carboxylic acids is 4. The first-order valence-corrected chi connectivity index (χ1v) is 10.9. The van der Waals surface area contributed by atoms with Gasteiger partial charge in [0, 0.05) is 6.42 Å². The number of nitrogens with two attached hydrogens (primary N) is 3. The lowest BCUT2D eigenvalue weighted by atomic mass is 10.0. The molecule has 0 aromatic carbocycles. The number of hydrogen-bond donors (Lipinski definition) is 8. The maximum absolute atomic E-state index is 12.9. The molecule has 14 heteroatoms. The van der Waals surface area contributed by atoms with E-state index in [1.54, 1.807) is 13.8 Å². The highest BCUT2D eigenvalue weighted by molar-refractivity contribution is 5.95. The van der Waals surface area contributed by atoms with E-state index in [1.165, 1.54) is 0 Å². The molecule has 0 aromatic rings. The van der Waals surface area contributed by atoms with Gasteiger partial charge >= 0.3 is 11.9 Å². The van der Waals surface area contributed by atoms with Crippen LogP contribution in [0, 0.1) is 5.92 Å². The van der Waals surface area contributed by atoms with Crippen molar-refractivity contribution < 1.29 is 39.0 Å². The molecule has 0 saturated carbocycles. The van der Waals surface area contributed by atoms with Gasteiger partial charge in [-0.3, -0.25) is 24.0 Å². The number of carboxylic acids is 2. The maximum Gasteiger partial charge on any atom is 0.326 e. The Morgan fingerprint density at radius 3 is 1.74 bits per heavy atom. The Morgan fingerprint density at radius 2 is 1.29 bits per heavy atom. The normalized spacial score (nSPS) is 14.4. The van der Waals surface area contributed by atoms with E-state index in [2.05, 4.69) is 16.0 Å². The van der Waals surface area contributed by atoms with Crippen LogP contribution in [0.1, 0.15) is 52.4 Å². The summed E-state index contributed by atoms with van der Waals surface area (Å²) in [6, 6.07) is -5.10. The summed E-state index contributed by atoms with van der Waals surface area (Å²) in [5.74, 6) is -6.30. The molecule has 4 amide bonds. The highest BCUT2D eigenvalue weighted by Crippen LogP contribution is 2.07. The van der Waals surface area contributed by atoms with E-state index in [9.17, 15) is 33.9 Å². The SMILES string of the molecule is CC(C)C(N)C(=O)NC(CCC(=O)O)C(=O)NC(CCCCN)C(=O)NC(CC(N)=O)C(=O)O. The predicted molar refractivity (Wildman–Crippen MR) is 120 cm³/mol. The van der Waals surface area contributed by atoms with Gasteiger partial charge in [-0.15, -0.1) is 0 Å². The number of unbranched alkanes of at least 4 members (excludes halogenated alkanes) is 1. The number of hydrogen-bond acceptors (Lipinski definition) is 8. The minimum atomic E-state index is -1.61. The molecular formula is C20H36N6O8. The highest BCUT2D eigenvalue weighted by atomic mass is 16.4. The van der Waals surface area contributed by atoms with E-state index in [1.807, 2.05) is 0 Å². The van der Waals surface area contributed by atoms with Crippen LogP contribution < -0.4 is 33.2 Å². The van der Waals surface area contributed by atoms with Gasteiger partial charge in [0.2, 0.25) is 23.6 Å². The minimum absolute atomic E-state index is 0.0722. The standard InChI is InChI=1S/C20H36N6O8/c1-10(2)16(23)19(32)25-12(6-7-15(28)29)18(31)24-11(5-3-4-8-21)17(30)26-13(20(33)34)9-14(22)27/h10-13,16H,3-9,21,23H2,1-2H3,(H2,22,27)(H,24,31)(H,25,32)(H,26,30)(H,28,29)(H,33,34). The van der Waals surface area contributed by atoms with Gasteiger partial charge in [0.05, 0.1) is 12.5 Å². The zero-order chi connectivity index (χ0) is 26.4. The molecule has 0 saturated heterocycles. The molecule has 0 aliphatic heterocycles. The Morgan fingerprint density at radius 1 is 0.794 bits per heavy atom. The number of amides is 4. The van der Waals surface area contributed by atoms with Gasteiger partial charge in [0.25, 0.3) is 0 Å². The van der Waals surface area contributed by atoms with Crippen LogP contribution in [0.3, 0.4) is 0 Å². The van der Waals surface area contributed by atoms with Gasteiger partial charge in [0.15, 0.2) is 0 Å². The number of nitrogens with one attached hydrogen (secondary N) is 3. The number of aliphatic carboxylic acids is 2. The summed E-state index contributed by atoms with van der Waals surface area (Å²) in [7, 11) is 0. The summed E-state index contributed by atoms with van der Waals surface area (Å²) in [4.78, 5) is 71.3. The molecule has 0 spiro atoms. The van der Waals surface area contributed by atoms with E-state index in [0.29, 0.717) is 19.4 Å². The fourth-order valence-electron chi connectivity index (χ4n) is 2.81. The van der Waals surface area contributed by atoms with Crippen molar-refractivity contribution in [1.82, 2.24) is 16.0 Å². The van der Waals surface area contributed by atoms with Crippen molar-refractivity contribution >= 4 is 35.6 Å². The Kier molecular flexibility index (Phi) is 14.1. The average Bonchev–Trinajstić information content (AvgIpc) is 2.73. The molecule has 34 heavy (non-hydrogen) atoms. The molecule has 14 nitrogen and oxygen atoms in total. The molecule has 0 aromatic heterocycles. The number of carboxylic acid groups (broad SMARTS) is 2. The molecule has 11 N–H and O–H groups in total. The van der Waals surface area contributed by atoms with Crippen LogP contribution in [-0.2, 0) is 28.8 Å². The van der Waals surface area contributed by atoms with Crippen LogP contribution in [0.15, 0.2) is 0 Å². The molecule has 194 valence electrons. The van der Waals surface area contributed by atoms with Crippen LogP contribution in [0.25, 0.3) is 0 Å². The number of carbonyl (C=O) groups is 6. The van der Waals surface area contributed by atoms with Crippen LogP contribution in [-0.4, -0.2) is 76.5 Å². The largest absolute Gasteiger partial charge is 0.481 e. The lowest BCUT2D eigenvalue weighted by Gasteiger charge is -2.25. The second-order valence-electron chi connectivity index (χ2n) is 8.18. The fourth-order valence-corrected chi connectivity index (χ4v) is 2.81. The van der Waals surface area contributed by atoms with E-state index in [0.717, 1.165) is 0 Å². The van der Waals surface area contributed by atoms with E-state index in [4.69, 9.17) is 22.3 Å². The topological polar surface area (TPSA) is 257 Å². The van der Waals surface area contributed by atoms with Gasteiger partial charge in [-0.1, -0.05) is 13.8 Å². The van der Waals surface area contributed by atoms with Crippen LogP contribution in [0.2, 0.25) is 0 Å². The van der Waals surface area contributed by atoms with Gasteiger partial charge in [-0.25, -0.2) is 4.79 Å². The predicted octanol–water partition coefficient (Wildman–Crippen LogP) is -2.62. The maximum atomic E-state index is 12.9. The molecule has 4 unspecified atom stereocenters. The third-order valence-corrected chi connectivity index (χ3v) is 4.90. The zero-order valence-corrected chi connectivity index (χ0v) is 19.4. The fraction of sp³-hybridized carbons (Fsp3) is 0.700. The third-order valence-electron chi connectivity index (χ3n) is 4.90. The lowest BCUT2D eigenvalue weighted by Crippen LogP contribution is -2.57. The monoisotopic (exact) mass is 488 g/mol. The first-order chi connectivity index (χ1) is 15.8. The Balaban J connectivity index is 5.60. The summed E-state index contributed by atoms with van der Waals surface area (Å²) in [5.41, 5.74) is 16.3. The van der Waals surface area contributed by atoms with Gasteiger partial charge in [-0.2, -0.15) is 0 Å². The van der Waals surface area contributed by atoms with E-state index >= 15 is 0 Å². The van der Waals surface area contributed by atoms with Gasteiger partial charge in [-0.05, 0) is 38.1 Å². The average molecular weight is 489 g/mol. The van der Waals surface area contributed by atoms with Crippen molar-refractivity contribution in [2.45, 2.75) is 76.5 Å². The molecular weight excluding hydrogens is 452 g/mol.